The third-order valence-corrected chi connectivity index (χ3v) is 5.72. The van der Waals surface area contributed by atoms with E-state index in [2.05, 4.69) is 84.7 Å². The van der Waals surface area contributed by atoms with Crippen LogP contribution >= 0.6 is 11.8 Å². The number of para-hydroxylation sites is 1. The second-order valence-corrected chi connectivity index (χ2v) is 8.09. The second-order valence-electron chi connectivity index (χ2n) is 7.16. The Bertz CT molecular complexity index is 1320. The fourth-order valence-corrected chi connectivity index (χ4v) is 4.41. The number of rotatable bonds is 4. The summed E-state index contributed by atoms with van der Waals surface area (Å²) in [5.74, 6) is 1.22. The molecule has 3 aromatic carbocycles. The molecule has 142 valence electrons. The number of benzene rings is 3. The number of hydrogen-bond donors (Lipinski definition) is 0. The van der Waals surface area contributed by atoms with Gasteiger partial charge in [0.25, 0.3) is 5.22 Å². The Morgan fingerprint density at radius 2 is 1.48 bits per heavy atom. The van der Waals surface area contributed by atoms with E-state index in [-0.39, 0.29) is 0 Å². The highest BCUT2D eigenvalue weighted by Crippen LogP contribution is 2.31. The third kappa shape index (κ3) is 3.49. The maximum Gasteiger partial charge on any atom is 0.277 e. The van der Waals surface area contributed by atoms with Gasteiger partial charge in [-0.1, -0.05) is 71.4 Å². The second kappa shape index (κ2) is 7.33. The van der Waals surface area contributed by atoms with Gasteiger partial charge in [0.15, 0.2) is 0 Å². The molecule has 0 radical (unpaired) electrons. The predicted octanol–water partition coefficient (Wildman–Crippen LogP) is 6.35. The number of aromatic nitrogens is 3. The Balaban J connectivity index is 1.46. The number of fused-ring (bicyclic) bond motifs is 3. The molecule has 29 heavy (non-hydrogen) atoms. The van der Waals surface area contributed by atoms with Crippen molar-refractivity contribution in [3.63, 3.8) is 0 Å². The molecule has 0 aliphatic rings. The number of thioether (sulfide) groups is 1. The van der Waals surface area contributed by atoms with Crippen LogP contribution < -0.4 is 0 Å². The maximum atomic E-state index is 5.91. The molecule has 0 fully saturated rings. The van der Waals surface area contributed by atoms with Gasteiger partial charge in [-0.15, -0.1) is 10.2 Å². The van der Waals surface area contributed by atoms with Gasteiger partial charge in [0.05, 0.1) is 11.2 Å². The summed E-state index contributed by atoms with van der Waals surface area (Å²) in [6.07, 6.45) is 0. The minimum absolute atomic E-state index is 0.552. The fraction of sp³-hybridized carbons (Fsp3) is 0.125. The van der Waals surface area contributed by atoms with Crippen LogP contribution in [0.25, 0.3) is 33.1 Å². The highest BCUT2D eigenvalue weighted by molar-refractivity contribution is 7.98. The zero-order valence-corrected chi connectivity index (χ0v) is 17.0. The first-order valence-corrected chi connectivity index (χ1v) is 10.5. The van der Waals surface area contributed by atoms with E-state index >= 15 is 0 Å². The first-order chi connectivity index (χ1) is 14.2. The predicted molar refractivity (Wildman–Crippen MR) is 118 cm³/mol. The Morgan fingerprint density at radius 1 is 0.793 bits per heavy atom. The van der Waals surface area contributed by atoms with E-state index in [0.29, 0.717) is 16.9 Å². The van der Waals surface area contributed by atoms with Gasteiger partial charge in [-0.25, -0.2) is 0 Å². The van der Waals surface area contributed by atoms with E-state index in [0.717, 1.165) is 22.2 Å². The van der Waals surface area contributed by atoms with Crippen LogP contribution in [0.4, 0.5) is 0 Å². The van der Waals surface area contributed by atoms with E-state index < -0.39 is 0 Å². The molecule has 4 nitrogen and oxygen atoms in total. The van der Waals surface area contributed by atoms with E-state index in [9.17, 15) is 0 Å². The van der Waals surface area contributed by atoms with Crippen LogP contribution in [0.3, 0.4) is 0 Å². The van der Waals surface area contributed by atoms with Crippen LogP contribution in [0.2, 0.25) is 0 Å². The third-order valence-electron chi connectivity index (χ3n) is 4.90. The summed E-state index contributed by atoms with van der Waals surface area (Å²) in [5, 5.41) is 12.6. The van der Waals surface area contributed by atoms with Crippen molar-refractivity contribution in [3.8, 4) is 11.5 Å². The highest BCUT2D eigenvalue weighted by atomic mass is 32.2. The maximum absolute atomic E-state index is 5.91. The first kappa shape index (κ1) is 17.9. The van der Waals surface area contributed by atoms with E-state index in [1.807, 2.05) is 6.07 Å². The van der Waals surface area contributed by atoms with Gasteiger partial charge in [0, 0.05) is 22.1 Å². The molecule has 0 atom stereocenters. The van der Waals surface area contributed by atoms with Crippen LogP contribution in [0.15, 0.2) is 76.4 Å². The molecule has 0 aliphatic carbocycles. The molecule has 2 heterocycles. The molecule has 0 aliphatic heterocycles. The summed E-state index contributed by atoms with van der Waals surface area (Å²) >= 11 is 1.52. The molecular weight excluding hydrogens is 378 g/mol. The van der Waals surface area contributed by atoms with Crippen molar-refractivity contribution >= 4 is 33.4 Å². The molecule has 5 rings (SSSR count). The van der Waals surface area contributed by atoms with Gasteiger partial charge in [0.2, 0.25) is 5.89 Å². The summed E-state index contributed by atoms with van der Waals surface area (Å²) < 4.78 is 5.91. The molecular formula is C24H19N3OS. The lowest BCUT2D eigenvalue weighted by Crippen LogP contribution is -1.92. The molecule has 0 amide bonds. The standard InChI is InChI=1S/C24H19N3OS/c1-15-11-16(2)13-17(12-15)23-26-27-24(28-23)29-14-22-20-9-4-3-7-18(20)19-8-5-6-10-21(19)25-22/h3-13H,14H2,1-2H3. The van der Waals surface area contributed by atoms with Gasteiger partial charge in [-0.3, -0.25) is 4.98 Å². The lowest BCUT2D eigenvalue weighted by atomic mass is 10.0. The summed E-state index contributed by atoms with van der Waals surface area (Å²) in [6.45, 7) is 4.14. The Kier molecular flexibility index (Phi) is 4.52. The number of aryl methyl sites for hydroxylation is 2. The van der Waals surface area contributed by atoms with Crippen LogP contribution in [-0.2, 0) is 5.75 Å². The van der Waals surface area contributed by atoms with Crippen molar-refractivity contribution in [3.05, 3.63) is 83.6 Å². The average molecular weight is 398 g/mol. The van der Waals surface area contributed by atoms with Gasteiger partial charge in [0.1, 0.15) is 0 Å². The first-order valence-electron chi connectivity index (χ1n) is 9.49. The quantitative estimate of drug-likeness (QED) is 0.261. The Labute approximate surface area is 173 Å². The minimum atomic E-state index is 0.552. The monoisotopic (exact) mass is 397 g/mol. The fourth-order valence-electron chi connectivity index (χ4n) is 3.70. The molecule has 0 unspecified atom stereocenters. The molecule has 5 aromatic rings. The minimum Gasteiger partial charge on any atom is -0.411 e. The van der Waals surface area contributed by atoms with Crippen molar-refractivity contribution in [1.82, 2.24) is 15.2 Å². The highest BCUT2D eigenvalue weighted by Gasteiger charge is 2.13. The summed E-state index contributed by atoms with van der Waals surface area (Å²) in [6, 6.07) is 22.9. The van der Waals surface area contributed by atoms with Crippen LogP contribution in [0.5, 0.6) is 0 Å². The zero-order chi connectivity index (χ0) is 19.8. The van der Waals surface area contributed by atoms with Crippen molar-refractivity contribution < 1.29 is 4.42 Å². The summed E-state index contributed by atoms with van der Waals surface area (Å²) in [7, 11) is 0. The zero-order valence-electron chi connectivity index (χ0n) is 16.2. The number of nitrogens with zero attached hydrogens (tertiary/aromatic N) is 3. The largest absolute Gasteiger partial charge is 0.411 e. The lowest BCUT2D eigenvalue weighted by molar-refractivity contribution is 0.465. The van der Waals surface area contributed by atoms with Crippen molar-refractivity contribution in [2.75, 3.05) is 0 Å². The topological polar surface area (TPSA) is 51.8 Å². The summed E-state index contributed by atoms with van der Waals surface area (Å²) in [4.78, 5) is 4.90. The molecule has 0 saturated heterocycles. The van der Waals surface area contributed by atoms with Crippen LogP contribution in [-0.4, -0.2) is 15.2 Å². The lowest BCUT2D eigenvalue weighted by Gasteiger charge is -2.08. The SMILES string of the molecule is Cc1cc(C)cc(-c2nnc(SCc3nc4ccccc4c4ccccc34)o2)c1. The molecule has 5 heteroatoms. The van der Waals surface area contributed by atoms with Gasteiger partial charge in [-0.05, 0) is 37.4 Å². The van der Waals surface area contributed by atoms with E-state index in [4.69, 9.17) is 9.40 Å². The van der Waals surface area contributed by atoms with Gasteiger partial charge in [-0.2, -0.15) is 0 Å². The van der Waals surface area contributed by atoms with Crippen molar-refractivity contribution in [1.29, 1.82) is 0 Å². The molecule has 0 bridgehead atoms. The molecule has 0 saturated carbocycles. The van der Waals surface area contributed by atoms with Crippen LogP contribution in [0.1, 0.15) is 16.8 Å². The number of pyridine rings is 1. The molecule has 0 spiro atoms. The van der Waals surface area contributed by atoms with E-state index in [1.165, 1.54) is 33.7 Å². The van der Waals surface area contributed by atoms with E-state index in [1.54, 1.807) is 0 Å². The smallest absolute Gasteiger partial charge is 0.277 e. The normalized spacial score (nSPS) is 11.4. The average Bonchev–Trinajstić information content (AvgIpc) is 3.20. The Morgan fingerprint density at radius 3 is 2.28 bits per heavy atom. The van der Waals surface area contributed by atoms with Gasteiger partial charge >= 0.3 is 0 Å². The summed E-state index contributed by atoms with van der Waals surface area (Å²) in [5.41, 5.74) is 5.34. The van der Waals surface area contributed by atoms with Crippen molar-refractivity contribution in [2.24, 2.45) is 0 Å². The number of hydrogen-bond acceptors (Lipinski definition) is 5. The van der Waals surface area contributed by atoms with Crippen molar-refractivity contribution in [2.45, 2.75) is 24.8 Å². The molecule has 2 aromatic heterocycles. The van der Waals surface area contributed by atoms with Gasteiger partial charge < -0.3 is 4.42 Å². The Hall–Kier alpha value is -3.18. The van der Waals surface area contributed by atoms with Crippen LogP contribution in [0, 0.1) is 13.8 Å². The molecule has 0 N–H and O–H groups in total.